The van der Waals surface area contributed by atoms with Crippen LogP contribution in [0.5, 0.6) is 0 Å². The molecular weight excluding hydrogens is 412 g/mol. The van der Waals surface area contributed by atoms with E-state index in [1.165, 1.54) is 18.7 Å². The molecule has 3 aliphatic rings. The first-order chi connectivity index (χ1) is 15.5. The summed E-state index contributed by atoms with van der Waals surface area (Å²) in [6.07, 6.45) is 10.4. The molecule has 172 valence electrons. The van der Waals surface area contributed by atoms with Gasteiger partial charge in [0.25, 0.3) is 5.91 Å². The molecule has 0 spiro atoms. The molecule has 10 nitrogen and oxygen atoms in total. The lowest BCUT2D eigenvalue weighted by Gasteiger charge is -2.42. The number of aromatic nitrogens is 2. The normalized spacial score (nSPS) is 24.6. The highest BCUT2D eigenvalue weighted by Crippen LogP contribution is 2.27. The minimum atomic E-state index is -0.832. The van der Waals surface area contributed by atoms with E-state index in [0.29, 0.717) is 25.1 Å². The van der Waals surface area contributed by atoms with Crippen molar-refractivity contribution in [1.29, 1.82) is 0 Å². The molecule has 0 bridgehead atoms. The molecule has 1 aromatic heterocycles. The third kappa shape index (κ3) is 4.89. The summed E-state index contributed by atoms with van der Waals surface area (Å²) in [5.41, 5.74) is 0.338. The van der Waals surface area contributed by atoms with E-state index < -0.39 is 18.0 Å². The van der Waals surface area contributed by atoms with E-state index in [2.05, 4.69) is 20.6 Å². The SMILES string of the molecule is O=C1NCCCC1NC(=O)C1CN(C(=O)c2cncnc2)CCN1C(=O)C1CCCCC1. The van der Waals surface area contributed by atoms with Crippen LogP contribution in [-0.2, 0) is 14.4 Å². The molecule has 1 aliphatic carbocycles. The van der Waals surface area contributed by atoms with Gasteiger partial charge in [-0.25, -0.2) is 9.97 Å². The lowest BCUT2D eigenvalue weighted by atomic mass is 9.87. The first-order valence-electron chi connectivity index (χ1n) is 11.5. The van der Waals surface area contributed by atoms with Gasteiger partial charge >= 0.3 is 0 Å². The first-order valence-corrected chi connectivity index (χ1v) is 11.5. The predicted molar refractivity (Wildman–Crippen MR) is 114 cm³/mol. The van der Waals surface area contributed by atoms with Gasteiger partial charge < -0.3 is 20.4 Å². The highest BCUT2D eigenvalue weighted by atomic mass is 16.2. The molecule has 4 amide bonds. The summed E-state index contributed by atoms with van der Waals surface area (Å²) in [7, 11) is 0. The topological polar surface area (TPSA) is 125 Å². The third-order valence-electron chi connectivity index (χ3n) is 6.62. The van der Waals surface area contributed by atoms with Crippen molar-refractivity contribution < 1.29 is 19.2 Å². The number of nitrogens with one attached hydrogen (secondary N) is 2. The number of hydrogen-bond acceptors (Lipinski definition) is 6. The van der Waals surface area contributed by atoms with Crippen molar-refractivity contribution >= 4 is 23.6 Å². The van der Waals surface area contributed by atoms with E-state index in [-0.39, 0.29) is 36.7 Å². The molecule has 10 heteroatoms. The van der Waals surface area contributed by atoms with E-state index in [1.807, 2.05) is 0 Å². The Labute approximate surface area is 187 Å². The molecule has 0 radical (unpaired) electrons. The summed E-state index contributed by atoms with van der Waals surface area (Å²) >= 11 is 0. The zero-order valence-electron chi connectivity index (χ0n) is 18.2. The maximum atomic E-state index is 13.3. The second-order valence-corrected chi connectivity index (χ2v) is 8.76. The van der Waals surface area contributed by atoms with Crippen molar-refractivity contribution in [2.24, 2.45) is 5.92 Å². The zero-order chi connectivity index (χ0) is 22.5. The summed E-state index contributed by atoms with van der Waals surface area (Å²) in [5.74, 6) is -0.976. The van der Waals surface area contributed by atoms with Crippen LogP contribution in [0, 0.1) is 5.92 Å². The van der Waals surface area contributed by atoms with Gasteiger partial charge in [0.2, 0.25) is 17.7 Å². The highest BCUT2D eigenvalue weighted by molar-refractivity contribution is 5.96. The average molecular weight is 443 g/mol. The van der Waals surface area contributed by atoms with Crippen LogP contribution < -0.4 is 10.6 Å². The molecule has 3 heterocycles. The van der Waals surface area contributed by atoms with Crippen LogP contribution in [0.4, 0.5) is 0 Å². The first kappa shape index (κ1) is 22.2. The summed E-state index contributed by atoms with van der Waals surface area (Å²) < 4.78 is 0. The van der Waals surface area contributed by atoms with Crippen LogP contribution in [-0.4, -0.2) is 81.7 Å². The number of hydrogen-bond donors (Lipinski definition) is 2. The molecule has 2 aliphatic heterocycles. The Kier molecular flexibility index (Phi) is 6.96. The second-order valence-electron chi connectivity index (χ2n) is 8.76. The Bertz CT molecular complexity index is 857. The smallest absolute Gasteiger partial charge is 0.257 e. The average Bonchev–Trinajstić information content (AvgIpc) is 2.85. The van der Waals surface area contributed by atoms with E-state index >= 15 is 0 Å². The van der Waals surface area contributed by atoms with E-state index in [9.17, 15) is 19.2 Å². The molecular formula is C22H30N6O4. The lowest BCUT2D eigenvalue weighted by Crippen LogP contribution is -2.64. The van der Waals surface area contributed by atoms with Crippen LogP contribution in [0.1, 0.15) is 55.3 Å². The monoisotopic (exact) mass is 442 g/mol. The summed E-state index contributed by atoms with van der Waals surface area (Å²) in [6, 6.07) is -1.45. The van der Waals surface area contributed by atoms with E-state index in [1.54, 1.807) is 9.80 Å². The lowest BCUT2D eigenvalue weighted by molar-refractivity contribution is -0.148. The Morgan fingerprint density at radius 2 is 1.75 bits per heavy atom. The van der Waals surface area contributed by atoms with Crippen molar-refractivity contribution in [3.8, 4) is 0 Å². The van der Waals surface area contributed by atoms with Crippen LogP contribution in [0.2, 0.25) is 0 Å². The highest BCUT2D eigenvalue weighted by Gasteiger charge is 2.40. The largest absolute Gasteiger partial charge is 0.354 e. The third-order valence-corrected chi connectivity index (χ3v) is 6.62. The van der Waals surface area contributed by atoms with E-state index in [0.717, 1.165) is 38.5 Å². The number of rotatable bonds is 4. The van der Waals surface area contributed by atoms with Crippen molar-refractivity contribution in [2.45, 2.75) is 57.0 Å². The summed E-state index contributed by atoms with van der Waals surface area (Å²) in [4.78, 5) is 62.6. The maximum Gasteiger partial charge on any atom is 0.257 e. The van der Waals surface area contributed by atoms with Gasteiger partial charge in [-0.2, -0.15) is 0 Å². The number of nitrogens with zero attached hydrogens (tertiary/aromatic N) is 4. The van der Waals surface area contributed by atoms with Crippen molar-refractivity contribution in [1.82, 2.24) is 30.4 Å². The predicted octanol–water partition coefficient (Wildman–Crippen LogP) is 0.105. The van der Waals surface area contributed by atoms with Crippen LogP contribution in [0.25, 0.3) is 0 Å². The van der Waals surface area contributed by atoms with Gasteiger partial charge in [0.05, 0.1) is 12.1 Å². The molecule has 4 rings (SSSR count). The van der Waals surface area contributed by atoms with Gasteiger partial charge in [-0.05, 0) is 25.7 Å². The minimum Gasteiger partial charge on any atom is -0.354 e. The number of piperidine rings is 1. The second kappa shape index (κ2) is 10.1. The molecule has 2 N–H and O–H groups in total. The van der Waals surface area contributed by atoms with Gasteiger partial charge in [-0.3, -0.25) is 19.2 Å². The number of piperazine rings is 1. The molecule has 1 saturated carbocycles. The Morgan fingerprint density at radius 3 is 2.47 bits per heavy atom. The van der Waals surface area contributed by atoms with Crippen molar-refractivity contribution in [3.63, 3.8) is 0 Å². The number of amides is 4. The van der Waals surface area contributed by atoms with Gasteiger partial charge in [-0.15, -0.1) is 0 Å². The molecule has 2 unspecified atom stereocenters. The summed E-state index contributed by atoms with van der Waals surface area (Å²) in [5, 5.41) is 5.58. The molecule has 1 aromatic rings. The zero-order valence-corrected chi connectivity index (χ0v) is 18.2. The Hall–Kier alpha value is -3.04. The van der Waals surface area contributed by atoms with Crippen molar-refractivity contribution in [3.05, 3.63) is 24.3 Å². The standard InChI is InChI=1S/C22H30N6O4/c29-19-17(7-4-8-25-19)26-20(30)18-13-27(21(31)16-11-23-14-24-12-16)9-10-28(18)22(32)15-5-2-1-3-6-15/h11-12,14-15,17-18H,1-10,13H2,(H,25,29)(H,26,30). The fourth-order valence-electron chi connectivity index (χ4n) is 4.81. The number of carbonyl (C=O) groups is 4. The fraction of sp³-hybridized carbons (Fsp3) is 0.636. The minimum absolute atomic E-state index is 0.0203. The number of carbonyl (C=O) groups excluding carboxylic acids is 4. The molecule has 3 fully saturated rings. The Balaban J connectivity index is 1.51. The molecule has 2 atom stereocenters. The van der Waals surface area contributed by atoms with Gasteiger partial charge in [0, 0.05) is 37.9 Å². The van der Waals surface area contributed by atoms with Gasteiger partial charge in [0.1, 0.15) is 18.4 Å². The van der Waals surface area contributed by atoms with Crippen LogP contribution in [0.3, 0.4) is 0 Å². The van der Waals surface area contributed by atoms with Gasteiger partial charge in [0.15, 0.2) is 0 Å². The van der Waals surface area contributed by atoms with Crippen LogP contribution in [0.15, 0.2) is 18.7 Å². The maximum absolute atomic E-state index is 13.3. The Morgan fingerprint density at radius 1 is 1.00 bits per heavy atom. The quantitative estimate of drug-likeness (QED) is 0.682. The fourth-order valence-corrected chi connectivity index (χ4v) is 4.81. The molecule has 2 saturated heterocycles. The molecule has 32 heavy (non-hydrogen) atoms. The molecule has 0 aromatic carbocycles. The van der Waals surface area contributed by atoms with E-state index in [4.69, 9.17) is 0 Å². The summed E-state index contributed by atoms with van der Waals surface area (Å²) in [6.45, 7) is 1.29. The van der Waals surface area contributed by atoms with Gasteiger partial charge in [-0.1, -0.05) is 19.3 Å². The van der Waals surface area contributed by atoms with Crippen LogP contribution >= 0.6 is 0 Å². The van der Waals surface area contributed by atoms with Crippen molar-refractivity contribution in [2.75, 3.05) is 26.2 Å².